The van der Waals surface area contributed by atoms with Crippen LogP contribution in [0.5, 0.6) is 0 Å². The Bertz CT molecular complexity index is 640. The Labute approximate surface area is 120 Å². The third kappa shape index (κ3) is 3.95. The lowest BCUT2D eigenvalue weighted by molar-refractivity contribution is -0.140. The van der Waals surface area contributed by atoms with E-state index in [1.165, 1.54) is 6.07 Å². The van der Waals surface area contributed by atoms with E-state index in [0.717, 1.165) is 15.7 Å². The Hall–Kier alpha value is -2.08. The molecule has 2 N–H and O–H groups in total. The summed E-state index contributed by atoms with van der Waals surface area (Å²) in [4.78, 5) is 13.0. The van der Waals surface area contributed by atoms with Gasteiger partial charge >= 0.3 is 6.18 Å². The van der Waals surface area contributed by atoms with Crippen LogP contribution in [0.3, 0.4) is 0 Å². The van der Waals surface area contributed by atoms with Gasteiger partial charge < -0.3 is 10.6 Å². The van der Waals surface area contributed by atoms with E-state index in [1.807, 2.05) is 24.3 Å². The fourth-order valence-electron chi connectivity index (χ4n) is 2.13. The molecule has 1 amide bonds. The molecule has 2 aromatic rings. The second-order valence-electron chi connectivity index (χ2n) is 4.69. The van der Waals surface area contributed by atoms with E-state index in [-0.39, 0.29) is 18.7 Å². The molecule has 21 heavy (non-hydrogen) atoms. The third-order valence-electron chi connectivity index (χ3n) is 3.05. The molecule has 0 fully saturated rings. The summed E-state index contributed by atoms with van der Waals surface area (Å²) < 4.78 is 37.6. The zero-order chi connectivity index (χ0) is 15.5. The molecule has 2 aromatic carbocycles. The molecule has 0 radical (unpaired) electrons. The van der Waals surface area contributed by atoms with Crippen LogP contribution in [0, 0.1) is 0 Å². The molecule has 0 aliphatic carbocycles. The van der Waals surface area contributed by atoms with Gasteiger partial charge in [-0.2, -0.15) is 13.2 Å². The first-order valence-corrected chi connectivity index (χ1v) is 6.45. The maximum atomic E-state index is 12.5. The zero-order valence-corrected chi connectivity index (χ0v) is 11.2. The normalized spacial score (nSPS) is 11.6. The van der Waals surface area contributed by atoms with E-state index >= 15 is 0 Å². The van der Waals surface area contributed by atoms with E-state index in [4.69, 9.17) is 5.73 Å². The number of fused-ring (bicyclic) bond motifs is 1. The summed E-state index contributed by atoms with van der Waals surface area (Å²) >= 11 is 0. The lowest BCUT2D eigenvalue weighted by Gasteiger charge is -2.23. The van der Waals surface area contributed by atoms with Crippen molar-refractivity contribution in [3.63, 3.8) is 0 Å². The van der Waals surface area contributed by atoms with Crippen molar-refractivity contribution in [3.05, 3.63) is 48.0 Å². The third-order valence-corrected chi connectivity index (χ3v) is 3.05. The fourth-order valence-corrected chi connectivity index (χ4v) is 2.13. The maximum Gasteiger partial charge on any atom is 0.406 e. The van der Waals surface area contributed by atoms with Crippen molar-refractivity contribution in [2.75, 3.05) is 19.6 Å². The topological polar surface area (TPSA) is 46.3 Å². The van der Waals surface area contributed by atoms with Gasteiger partial charge in [0.25, 0.3) is 5.91 Å². The molecule has 0 spiro atoms. The van der Waals surface area contributed by atoms with Gasteiger partial charge in [0.05, 0.1) is 0 Å². The molecule has 0 bridgehead atoms. The molecule has 112 valence electrons. The molecular weight excluding hydrogens is 281 g/mol. The highest BCUT2D eigenvalue weighted by atomic mass is 19.4. The number of alkyl halides is 3. The van der Waals surface area contributed by atoms with Gasteiger partial charge in [-0.15, -0.1) is 0 Å². The number of carbonyl (C=O) groups excluding carboxylic acids is 1. The Kier molecular flexibility index (Phi) is 4.47. The summed E-state index contributed by atoms with van der Waals surface area (Å²) in [6.45, 7) is -1.45. The van der Waals surface area contributed by atoms with Crippen LogP contribution in [0.15, 0.2) is 42.5 Å². The first-order chi connectivity index (χ1) is 9.90. The largest absolute Gasteiger partial charge is 0.406 e. The highest BCUT2D eigenvalue weighted by molar-refractivity contribution is 5.98. The van der Waals surface area contributed by atoms with Crippen molar-refractivity contribution in [1.29, 1.82) is 0 Å². The van der Waals surface area contributed by atoms with Crippen molar-refractivity contribution in [3.8, 4) is 0 Å². The molecule has 0 saturated heterocycles. The Morgan fingerprint density at radius 3 is 2.38 bits per heavy atom. The number of hydrogen-bond donors (Lipinski definition) is 1. The number of nitrogens with zero attached hydrogens (tertiary/aromatic N) is 1. The van der Waals surface area contributed by atoms with Crippen LogP contribution in [-0.4, -0.2) is 36.6 Å². The standard InChI is InChI=1S/C15H15F3N2O/c16-15(17,18)10-20(8-7-19)14(21)13-6-5-11-3-1-2-4-12(11)9-13/h1-6,9H,7-8,10,19H2. The monoisotopic (exact) mass is 296 g/mol. The second-order valence-corrected chi connectivity index (χ2v) is 4.69. The molecule has 0 aromatic heterocycles. The van der Waals surface area contributed by atoms with Gasteiger partial charge in [-0.25, -0.2) is 0 Å². The lowest BCUT2D eigenvalue weighted by atomic mass is 10.1. The number of benzene rings is 2. The molecule has 2 rings (SSSR count). The zero-order valence-electron chi connectivity index (χ0n) is 11.2. The number of rotatable bonds is 4. The van der Waals surface area contributed by atoms with E-state index in [9.17, 15) is 18.0 Å². The number of nitrogens with two attached hydrogens (primary N) is 1. The van der Waals surface area contributed by atoms with Gasteiger partial charge in [0, 0.05) is 18.7 Å². The molecule has 0 atom stereocenters. The first-order valence-electron chi connectivity index (χ1n) is 6.45. The van der Waals surface area contributed by atoms with Gasteiger partial charge in [-0.05, 0) is 22.9 Å². The molecular formula is C15H15F3N2O. The Morgan fingerprint density at radius 2 is 1.76 bits per heavy atom. The highest BCUT2D eigenvalue weighted by Gasteiger charge is 2.33. The molecule has 0 aliphatic heterocycles. The summed E-state index contributed by atoms with van der Waals surface area (Å²) in [7, 11) is 0. The molecule has 0 heterocycles. The maximum absolute atomic E-state index is 12.5. The second kappa shape index (κ2) is 6.13. The van der Waals surface area contributed by atoms with Crippen LogP contribution < -0.4 is 5.73 Å². The minimum atomic E-state index is -4.44. The molecule has 6 heteroatoms. The first kappa shape index (κ1) is 15.3. The fraction of sp³-hybridized carbons (Fsp3) is 0.267. The summed E-state index contributed by atoms with van der Waals surface area (Å²) in [5.74, 6) is -0.663. The average Bonchev–Trinajstić information content (AvgIpc) is 2.44. The summed E-state index contributed by atoms with van der Waals surface area (Å²) in [6, 6.07) is 12.2. The smallest absolute Gasteiger partial charge is 0.329 e. The van der Waals surface area contributed by atoms with Crippen molar-refractivity contribution in [2.24, 2.45) is 5.73 Å². The van der Waals surface area contributed by atoms with Crippen molar-refractivity contribution in [2.45, 2.75) is 6.18 Å². The van der Waals surface area contributed by atoms with Gasteiger partial charge in [-0.3, -0.25) is 4.79 Å². The van der Waals surface area contributed by atoms with Crippen LogP contribution >= 0.6 is 0 Å². The number of amides is 1. The quantitative estimate of drug-likeness (QED) is 0.943. The molecule has 3 nitrogen and oxygen atoms in total. The number of halogens is 3. The van der Waals surface area contributed by atoms with Crippen molar-refractivity contribution >= 4 is 16.7 Å². The van der Waals surface area contributed by atoms with Crippen molar-refractivity contribution < 1.29 is 18.0 Å². The van der Waals surface area contributed by atoms with Crippen LogP contribution in [0.2, 0.25) is 0 Å². The molecule has 0 saturated carbocycles. The SMILES string of the molecule is NCCN(CC(F)(F)F)C(=O)c1ccc2ccccc2c1. The summed E-state index contributed by atoms with van der Waals surface area (Å²) in [6.07, 6.45) is -4.44. The lowest BCUT2D eigenvalue weighted by Crippen LogP contribution is -2.41. The van der Waals surface area contributed by atoms with Gasteiger partial charge in [0.15, 0.2) is 0 Å². The minimum Gasteiger partial charge on any atom is -0.329 e. The van der Waals surface area contributed by atoms with Crippen LogP contribution in [0.4, 0.5) is 13.2 Å². The average molecular weight is 296 g/mol. The number of hydrogen-bond acceptors (Lipinski definition) is 2. The number of carbonyl (C=O) groups is 1. The Balaban J connectivity index is 2.29. The van der Waals surface area contributed by atoms with Crippen LogP contribution in [0.1, 0.15) is 10.4 Å². The van der Waals surface area contributed by atoms with E-state index in [2.05, 4.69) is 0 Å². The van der Waals surface area contributed by atoms with Gasteiger partial charge in [-0.1, -0.05) is 30.3 Å². The molecule has 0 unspecified atom stereocenters. The van der Waals surface area contributed by atoms with Crippen LogP contribution in [0.25, 0.3) is 10.8 Å². The highest BCUT2D eigenvalue weighted by Crippen LogP contribution is 2.20. The summed E-state index contributed by atoms with van der Waals surface area (Å²) in [5.41, 5.74) is 5.52. The van der Waals surface area contributed by atoms with Crippen molar-refractivity contribution in [1.82, 2.24) is 4.90 Å². The predicted octanol–water partition coefficient (Wildman–Crippen LogP) is 2.80. The van der Waals surface area contributed by atoms with Gasteiger partial charge in [0.1, 0.15) is 6.54 Å². The summed E-state index contributed by atoms with van der Waals surface area (Å²) in [5, 5.41) is 1.73. The Morgan fingerprint density at radius 1 is 1.10 bits per heavy atom. The predicted molar refractivity (Wildman–Crippen MR) is 75.0 cm³/mol. The van der Waals surface area contributed by atoms with E-state index in [0.29, 0.717) is 0 Å². The van der Waals surface area contributed by atoms with Gasteiger partial charge in [0.2, 0.25) is 0 Å². The van der Waals surface area contributed by atoms with E-state index in [1.54, 1.807) is 12.1 Å². The molecule has 0 aliphatic rings. The minimum absolute atomic E-state index is 0.0185. The van der Waals surface area contributed by atoms with Crippen LogP contribution in [-0.2, 0) is 0 Å². The van der Waals surface area contributed by atoms with E-state index < -0.39 is 18.6 Å².